The Morgan fingerprint density at radius 3 is 2.23 bits per heavy atom. The lowest BCUT2D eigenvalue weighted by molar-refractivity contribution is -0.137. The number of alkyl carbamates (subject to hydrolysis) is 1. The van der Waals surface area contributed by atoms with Crippen LogP contribution in [0.25, 0.3) is 11.1 Å². The Labute approximate surface area is 172 Å². The number of carbonyl (C=O) groups excluding carboxylic acids is 1. The summed E-state index contributed by atoms with van der Waals surface area (Å²) in [7, 11) is 0. The zero-order valence-corrected chi connectivity index (χ0v) is 15.9. The van der Waals surface area contributed by atoms with Crippen LogP contribution in [0.2, 0.25) is 0 Å². The number of benzene rings is 2. The molecule has 0 unspecified atom stereocenters. The summed E-state index contributed by atoms with van der Waals surface area (Å²) in [5.41, 5.74) is 4.77. The van der Waals surface area contributed by atoms with Crippen molar-refractivity contribution in [3.63, 3.8) is 0 Å². The molecule has 3 aromatic rings. The number of nitrogens with one attached hydrogen (secondary N) is 1. The van der Waals surface area contributed by atoms with Gasteiger partial charge in [0.2, 0.25) is 5.95 Å². The largest absolute Gasteiger partial charge is 0.481 e. The molecule has 0 fully saturated rings. The fourth-order valence-electron chi connectivity index (χ4n) is 3.80. The molecular weight excluding hydrogens is 387 g/mol. The third kappa shape index (κ3) is 4.00. The van der Waals surface area contributed by atoms with Crippen LogP contribution in [0.3, 0.4) is 0 Å². The average Bonchev–Trinajstić information content (AvgIpc) is 3.06. The zero-order valence-electron chi connectivity index (χ0n) is 15.9. The monoisotopic (exact) mass is 406 g/mol. The highest BCUT2D eigenvalue weighted by atomic mass is 19.1. The number of aromatic nitrogens is 1. The molecule has 2 aromatic carbocycles. The first-order valence-electron chi connectivity index (χ1n) is 9.47. The summed E-state index contributed by atoms with van der Waals surface area (Å²) in [4.78, 5) is 27.1. The van der Waals surface area contributed by atoms with Gasteiger partial charge in [-0.2, -0.15) is 4.39 Å². The van der Waals surface area contributed by atoms with Crippen LogP contribution >= 0.6 is 0 Å². The molecule has 7 heteroatoms. The van der Waals surface area contributed by atoms with Gasteiger partial charge in [-0.05, 0) is 33.9 Å². The summed E-state index contributed by atoms with van der Waals surface area (Å²) in [5, 5.41) is 11.7. The van der Waals surface area contributed by atoms with E-state index in [1.54, 1.807) is 0 Å². The number of rotatable bonds is 6. The quantitative estimate of drug-likeness (QED) is 0.597. The van der Waals surface area contributed by atoms with Gasteiger partial charge in [0, 0.05) is 12.1 Å². The van der Waals surface area contributed by atoms with Crippen LogP contribution in [0.1, 0.15) is 35.1 Å². The number of fused-ring (bicyclic) bond motifs is 3. The van der Waals surface area contributed by atoms with Crippen LogP contribution in [0.4, 0.5) is 9.18 Å². The van der Waals surface area contributed by atoms with Gasteiger partial charge in [0.05, 0.1) is 12.5 Å². The third-order valence-corrected chi connectivity index (χ3v) is 5.17. The maximum Gasteiger partial charge on any atom is 0.407 e. The second kappa shape index (κ2) is 8.32. The first kappa shape index (κ1) is 19.6. The molecule has 4 rings (SSSR count). The Kier molecular flexibility index (Phi) is 5.43. The number of halogens is 1. The van der Waals surface area contributed by atoms with Crippen LogP contribution in [0.15, 0.2) is 66.9 Å². The SMILES string of the molecule is O=C(O)C[C@@H](NC(=O)OCC1c2ccccc2-c2ccccc21)c1ccc(F)nc1. The van der Waals surface area contributed by atoms with Crippen LogP contribution in [0, 0.1) is 5.95 Å². The van der Waals surface area contributed by atoms with E-state index in [1.807, 2.05) is 48.5 Å². The van der Waals surface area contributed by atoms with Gasteiger partial charge in [-0.3, -0.25) is 4.79 Å². The normalized spacial score (nSPS) is 13.2. The molecule has 2 N–H and O–H groups in total. The second-order valence-electron chi connectivity index (χ2n) is 7.03. The summed E-state index contributed by atoms with van der Waals surface area (Å²) in [6.45, 7) is 0.112. The molecular formula is C23H19FN2O4. The average molecular weight is 406 g/mol. The first-order chi connectivity index (χ1) is 14.5. The van der Waals surface area contributed by atoms with E-state index in [2.05, 4.69) is 10.3 Å². The Hall–Kier alpha value is -3.74. The number of carbonyl (C=O) groups is 2. The number of hydrogen-bond donors (Lipinski definition) is 2. The molecule has 1 aliphatic carbocycles. The summed E-state index contributed by atoms with van der Waals surface area (Å²) in [6.07, 6.45) is 0.0805. The maximum atomic E-state index is 13.1. The van der Waals surface area contributed by atoms with Crippen molar-refractivity contribution in [2.45, 2.75) is 18.4 Å². The van der Waals surface area contributed by atoms with E-state index in [9.17, 15) is 14.0 Å². The highest BCUT2D eigenvalue weighted by Crippen LogP contribution is 2.44. The van der Waals surface area contributed by atoms with Crippen molar-refractivity contribution in [1.82, 2.24) is 10.3 Å². The molecule has 1 atom stereocenters. The lowest BCUT2D eigenvalue weighted by atomic mass is 9.98. The third-order valence-electron chi connectivity index (χ3n) is 5.17. The number of ether oxygens (including phenoxy) is 1. The molecule has 0 saturated carbocycles. The van der Waals surface area contributed by atoms with Gasteiger partial charge in [-0.25, -0.2) is 9.78 Å². The van der Waals surface area contributed by atoms with Crippen molar-refractivity contribution in [3.05, 3.63) is 89.5 Å². The van der Waals surface area contributed by atoms with Gasteiger partial charge >= 0.3 is 12.1 Å². The predicted molar refractivity (Wildman–Crippen MR) is 107 cm³/mol. The van der Waals surface area contributed by atoms with Gasteiger partial charge in [-0.15, -0.1) is 0 Å². The molecule has 1 aromatic heterocycles. The van der Waals surface area contributed by atoms with E-state index in [-0.39, 0.29) is 18.9 Å². The summed E-state index contributed by atoms with van der Waals surface area (Å²) in [5.74, 6) is -1.90. The van der Waals surface area contributed by atoms with Crippen molar-refractivity contribution in [2.75, 3.05) is 6.61 Å². The van der Waals surface area contributed by atoms with E-state index in [1.165, 1.54) is 12.3 Å². The first-order valence-corrected chi connectivity index (χ1v) is 9.47. The molecule has 0 aliphatic heterocycles. The van der Waals surface area contributed by atoms with Crippen molar-refractivity contribution in [2.24, 2.45) is 0 Å². The minimum Gasteiger partial charge on any atom is -0.481 e. The Morgan fingerprint density at radius 1 is 1.03 bits per heavy atom. The molecule has 0 bridgehead atoms. The minimum absolute atomic E-state index is 0.103. The van der Waals surface area contributed by atoms with Gasteiger partial charge in [0.15, 0.2) is 0 Å². The van der Waals surface area contributed by atoms with E-state index in [4.69, 9.17) is 9.84 Å². The highest BCUT2D eigenvalue weighted by molar-refractivity contribution is 5.79. The fourth-order valence-corrected chi connectivity index (χ4v) is 3.80. The lowest BCUT2D eigenvalue weighted by Gasteiger charge is -2.19. The number of carboxylic acid groups (broad SMARTS) is 1. The molecule has 1 aliphatic rings. The predicted octanol–water partition coefficient (Wildman–Crippen LogP) is 4.28. The standard InChI is InChI=1S/C23H19FN2O4/c24-21-10-9-14(12-25-21)20(11-22(27)28)26-23(29)30-13-19-17-7-3-1-5-15(17)16-6-2-4-8-18(16)19/h1-10,12,19-20H,11,13H2,(H,26,29)(H,27,28)/t20-/m1/s1. The molecule has 1 heterocycles. The molecule has 1 amide bonds. The Balaban J connectivity index is 1.47. The Morgan fingerprint density at radius 2 is 1.67 bits per heavy atom. The van der Waals surface area contributed by atoms with Gasteiger partial charge in [0.1, 0.15) is 6.61 Å². The van der Waals surface area contributed by atoms with Crippen LogP contribution < -0.4 is 5.32 Å². The van der Waals surface area contributed by atoms with Gasteiger partial charge in [-0.1, -0.05) is 54.6 Å². The molecule has 6 nitrogen and oxygen atoms in total. The summed E-state index contributed by atoms with van der Waals surface area (Å²) < 4.78 is 18.5. The van der Waals surface area contributed by atoms with E-state index in [0.717, 1.165) is 28.3 Å². The smallest absolute Gasteiger partial charge is 0.407 e. The Bertz CT molecular complexity index is 1040. The molecule has 0 saturated heterocycles. The van der Waals surface area contributed by atoms with Gasteiger partial charge in [0.25, 0.3) is 0 Å². The van der Waals surface area contributed by atoms with Crippen LogP contribution in [-0.2, 0) is 9.53 Å². The van der Waals surface area contributed by atoms with Crippen LogP contribution in [-0.4, -0.2) is 28.8 Å². The maximum absolute atomic E-state index is 13.1. The van der Waals surface area contributed by atoms with Crippen molar-refractivity contribution in [3.8, 4) is 11.1 Å². The number of aliphatic carboxylic acids is 1. The molecule has 0 spiro atoms. The molecule has 0 radical (unpaired) electrons. The summed E-state index contributed by atoms with van der Waals surface area (Å²) in [6, 6.07) is 17.6. The number of pyridine rings is 1. The molecule has 30 heavy (non-hydrogen) atoms. The zero-order chi connectivity index (χ0) is 21.1. The highest BCUT2D eigenvalue weighted by Gasteiger charge is 2.29. The van der Waals surface area contributed by atoms with E-state index < -0.39 is 24.1 Å². The van der Waals surface area contributed by atoms with Gasteiger partial charge < -0.3 is 15.2 Å². The van der Waals surface area contributed by atoms with Crippen molar-refractivity contribution in [1.29, 1.82) is 0 Å². The second-order valence-corrected chi connectivity index (χ2v) is 7.03. The van der Waals surface area contributed by atoms with Crippen molar-refractivity contribution >= 4 is 12.1 Å². The van der Waals surface area contributed by atoms with Crippen LogP contribution in [0.5, 0.6) is 0 Å². The lowest BCUT2D eigenvalue weighted by Crippen LogP contribution is -2.31. The molecule has 152 valence electrons. The van der Waals surface area contributed by atoms with E-state index in [0.29, 0.717) is 5.56 Å². The van der Waals surface area contributed by atoms with E-state index >= 15 is 0 Å². The number of nitrogens with zero attached hydrogens (tertiary/aromatic N) is 1. The number of carboxylic acids is 1. The fraction of sp³-hybridized carbons (Fsp3) is 0.174. The minimum atomic E-state index is -1.11. The summed E-state index contributed by atoms with van der Waals surface area (Å²) >= 11 is 0. The number of hydrogen-bond acceptors (Lipinski definition) is 4. The number of amides is 1. The topological polar surface area (TPSA) is 88.5 Å². The van der Waals surface area contributed by atoms with Crippen molar-refractivity contribution < 1.29 is 23.8 Å².